The molecule has 0 radical (unpaired) electrons. The Morgan fingerprint density at radius 1 is 1.27 bits per heavy atom. The van der Waals surface area contributed by atoms with E-state index in [1.165, 1.54) is 0 Å². The number of nitrogens with one attached hydrogen (secondary N) is 1. The van der Waals surface area contributed by atoms with E-state index in [0.717, 1.165) is 16.9 Å². The first kappa shape index (κ1) is 20.9. The van der Waals surface area contributed by atoms with Crippen molar-refractivity contribution in [3.63, 3.8) is 0 Å². The lowest BCUT2D eigenvalue weighted by atomic mass is 10.1. The van der Waals surface area contributed by atoms with Crippen LogP contribution in [-0.2, 0) is 17.9 Å². The van der Waals surface area contributed by atoms with Gasteiger partial charge in [0.2, 0.25) is 0 Å². The standard InChI is InChI=1S/C19H21Cl2NO3S/c1-26-8-7-18(19(23)24)22-11-13-3-2-4-16(9-13)25-12-14-5-6-15(20)10-17(14)21/h2-6,9-10,18,22H,7-8,11-12H2,1H3,(H,23,24). The third kappa shape index (κ3) is 6.72. The van der Waals surface area contributed by atoms with Gasteiger partial charge in [-0.2, -0.15) is 11.8 Å². The summed E-state index contributed by atoms with van der Waals surface area (Å²) in [6, 6.07) is 12.3. The molecule has 0 saturated heterocycles. The molecule has 0 bridgehead atoms. The Kier molecular flexibility index (Phi) is 8.59. The molecule has 4 nitrogen and oxygen atoms in total. The Balaban J connectivity index is 1.93. The Hall–Kier alpha value is -1.40. The van der Waals surface area contributed by atoms with Crippen LogP contribution in [0.3, 0.4) is 0 Å². The highest BCUT2D eigenvalue weighted by atomic mass is 35.5. The van der Waals surface area contributed by atoms with Gasteiger partial charge in [0.15, 0.2) is 0 Å². The van der Waals surface area contributed by atoms with Crippen molar-refractivity contribution in [3.8, 4) is 5.75 Å². The Bertz CT molecular complexity index is 742. The largest absolute Gasteiger partial charge is 0.489 e. The smallest absolute Gasteiger partial charge is 0.320 e. The topological polar surface area (TPSA) is 58.6 Å². The molecule has 0 aliphatic heterocycles. The van der Waals surface area contributed by atoms with E-state index < -0.39 is 12.0 Å². The van der Waals surface area contributed by atoms with Crippen LogP contribution in [0.2, 0.25) is 10.0 Å². The van der Waals surface area contributed by atoms with Crippen molar-refractivity contribution in [1.29, 1.82) is 0 Å². The minimum Gasteiger partial charge on any atom is -0.489 e. The van der Waals surface area contributed by atoms with Crippen LogP contribution in [0.5, 0.6) is 5.75 Å². The maximum atomic E-state index is 11.3. The summed E-state index contributed by atoms with van der Waals surface area (Å²) in [6.07, 6.45) is 2.55. The second-order valence-corrected chi connectivity index (χ2v) is 7.55. The van der Waals surface area contributed by atoms with Crippen LogP contribution in [0, 0.1) is 0 Å². The average Bonchev–Trinajstić information content (AvgIpc) is 2.61. The molecule has 0 aromatic heterocycles. The highest BCUT2D eigenvalue weighted by molar-refractivity contribution is 7.98. The molecule has 0 spiro atoms. The first-order valence-electron chi connectivity index (χ1n) is 8.10. The lowest BCUT2D eigenvalue weighted by Gasteiger charge is -2.14. The summed E-state index contributed by atoms with van der Waals surface area (Å²) in [5.74, 6) is 0.671. The third-order valence-electron chi connectivity index (χ3n) is 3.77. The highest BCUT2D eigenvalue weighted by Gasteiger charge is 2.15. The van der Waals surface area contributed by atoms with E-state index in [2.05, 4.69) is 5.32 Å². The molecule has 0 heterocycles. The summed E-state index contributed by atoms with van der Waals surface area (Å²) in [6.45, 7) is 0.794. The molecule has 140 valence electrons. The van der Waals surface area contributed by atoms with Gasteiger partial charge < -0.3 is 15.2 Å². The normalized spacial score (nSPS) is 12.0. The average molecular weight is 414 g/mol. The Morgan fingerprint density at radius 3 is 2.77 bits per heavy atom. The van der Waals surface area contributed by atoms with E-state index in [1.807, 2.05) is 36.6 Å². The molecule has 2 N–H and O–H groups in total. The van der Waals surface area contributed by atoms with Crippen LogP contribution < -0.4 is 10.1 Å². The molecule has 2 aromatic rings. The Morgan fingerprint density at radius 2 is 2.08 bits per heavy atom. The molecule has 0 amide bonds. The number of benzene rings is 2. The number of hydrogen-bond donors (Lipinski definition) is 2. The zero-order valence-electron chi connectivity index (χ0n) is 14.4. The monoisotopic (exact) mass is 413 g/mol. The second-order valence-electron chi connectivity index (χ2n) is 5.73. The van der Waals surface area contributed by atoms with Gasteiger partial charge in [0.05, 0.1) is 0 Å². The number of carbonyl (C=O) groups is 1. The fraction of sp³-hybridized carbons (Fsp3) is 0.316. The van der Waals surface area contributed by atoms with Gasteiger partial charge in [-0.15, -0.1) is 0 Å². The zero-order valence-corrected chi connectivity index (χ0v) is 16.7. The van der Waals surface area contributed by atoms with E-state index in [1.54, 1.807) is 23.9 Å². The highest BCUT2D eigenvalue weighted by Crippen LogP contribution is 2.23. The molecule has 0 aliphatic rings. The van der Waals surface area contributed by atoms with Gasteiger partial charge in [-0.1, -0.05) is 41.4 Å². The summed E-state index contributed by atoms with van der Waals surface area (Å²) in [5, 5.41) is 13.5. The van der Waals surface area contributed by atoms with Gasteiger partial charge in [0.1, 0.15) is 18.4 Å². The van der Waals surface area contributed by atoms with Crippen LogP contribution in [0.1, 0.15) is 17.5 Å². The zero-order chi connectivity index (χ0) is 18.9. The number of halogens is 2. The molecule has 2 aromatic carbocycles. The van der Waals surface area contributed by atoms with Crippen LogP contribution in [-0.4, -0.2) is 29.1 Å². The fourth-order valence-electron chi connectivity index (χ4n) is 2.33. The maximum Gasteiger partial charge on any atom is 0.320 e. The van der Waals surface area contributed by atoms with Crippen LogP contribution in [0.25, 0.3) is 0 Å². The van der Waals surface area contributed by atoms with Crippen molar-refractivity contribution in [2.45, 2.75) is 25.6 Å². The van der Waals surface area contributed by atoms with Gasteiger partial charge in [-0.05, 0) is 48.3 Å². The molecule has 0 aliphatic carbocycles. The number of carboxylic acids is 1. The molecule has 2 rings (SSSR count). The van der Waals surface area contributed by atoms with Crippen molar-refractivity contribution >= 4 is 40.9 Å². The van der Waals surface area contributed by atoms with E-state index in [-0.39, 0.29) is 0 Å². The summed E-state index contributed by atoms with van der Waals surface area (Å²) in [4.78, 5) is 11.3. The van der Waals surface area contributed by atoms with Gasteiger partial charge in [0, 0.05) is 22.2 Å². The van der Waals surface area contributed by atoms with Gasteiger partial charge in [0.25, 0.3) is 0 Å². The van der Waals surface area contributed by atoms with Crippen molar-refractivity contribution < 1.29 is 14.6 Å². The first-order chi connectivity index (χ1) is 12.5. The molecule has 0 saturated carbocycles. The van der Waals surface area contributed by atoms with Crippen molar-refractivity contribution in [2.75, 3.05) is 12.0 Å². The summed E-state index contributed by atoms with van der Waals surface area (Å²) in [5.41, 5.74) is 1.81. The van der Waals surface area contributed by atoms with Crippen LogP contribution >= 0.6 is 35.0 Å². The van der Waals surface area contributed by atoms with E-state index in [9.17, 15) is 9.90 Å². The van der Waals surface area contributed by atoms with Crippen molar-refractivity contribution in [3.05, 3.63) is 63.6 Å². The lowest BCUT2D eigenvalue weighted by Crippen LogP contribution is -2.36. The van der Waals surface area contributed by atoms with E-state index in [0.29, 0.717) is 35.4 Å². The predicted molar refractivity (Wildman–Crippen MR) is 108 cm³/mol. The molecule has 1 unspecified atom stereocenters. The summed E-state index contributed by atoms with van der Waals surface area (Å²) in [7, 11) is 0. The molecule has 7 heteroatoms. The predicted octanol–water partition coefficient (Wildman–Crippen LogP) is 4.87. The quantitative estimate of drug-likeness (QED) is 0.581. The van der Waals surface area contributed by atoms with E-state index >= 15 is 0 Å². The number of aliphatic carboxylic acids is 1. The van der Waals surface area contributed by atoms with Crippen LogP contribution in [0.4, 0.5) is 0 Å². The number of ether oxygens (including phenoxy) is 1. The Labute approximate surface area is 167 Å². The number of rotatable bonds is 10. The molecule has 0 fully saturated rings. The SMILES string of the molecule is CSCCC(NCc1cccc(OCc2ccc(Cl)cc2Cl)c1)C(=O)O. The molecule has 1 atom stereocenters. The molecule has 26 heavy (non-hydrogen) atoms. The maximum absolute atomic E-state index is 11.3. The molecular formula is C19H21Cl2NO3S. The number of thioether (sulfide) groups is 1. The van der Waals surface area contributed by atoms with Gasteiger partial charge in [-0.3, -0.25) is 4.79 Å². The molecular weight excluding hydrogens is 393 g/mol. The third-order valence-corrected chi connectivity index (χ3v) is 5.00. The van der Waals surface area contributed by atoms with Gasteiger partial charge >= 0.3 is 5.97 Å². The summed E-state index contributed by atoms with van der Waals surface area (Å²) < 4.78 is 5.80. The van der Waals surface area contributed by atoms with Crippen molar-refractivity contribution in [1.82, 2.24) is 5.32 Å². The van der Waals surface area contributed by atoms with Crippen LogP contribution in [0.15, 0.2) is 42.5 Å². The minimum atomic E-state index is -0.830. The summed E-state index contributed by atoms with van der Waals surface area (Å²) >= 11 is 13.7. The van der Waals surface area contributed by atoms with Crippen molar-refractivity contribution in [2.24, 2.45) is 0 Å². The number of hydrogen-bond acceptors (Lipinski definition) is 4. The fourth-order valence-corrected chi connectivity index (χ4v) is 3.27. The minimum absolute atomic E-state index is 0.332. The lowest BCUT2D eigenvalue weighted by molar-refractivity contribution is -0.139. The first-order valence-corrected chi connectivity index (χ1v) is 10.3. The van der Waals surface area contributed by atoms with Gasteiger partial charge in [-0.25, -0.2) is 0 Å². The number of carboxylic acid groups (broad SMARTS) is 1. The second kappa shape index (κ2) is 10.7. The van der Waals surface area contributed by atoms with E-state index in [4.69, 9.17) is 27.9 Å².